The number of benzene rings is 1. The van der Waals surface area contributed by atoms with E-state index in [9.17, 15) is 0 Å². The van der Waals surface area contributed by atoms with Gasteiger partial charge < -0.3 is 0 Å². The average Bonchev–Trinajstić information content (AvgIpc) is 2.16. The van der Waals surface area contributed by atoms with Gasteiger partial charge in [-0.05, 0) is 12.0 Å². The third-order valence-corrected chi connectivity index (χ3v) is 2.96. The molecule has 0 amide bonds. The van der Waals surface area contributed by atoms with Crippen LogP contribution in [-0.2, 0) is 0 Å². The largest absolute Gasteiger partial charge is 0.130 e. The van der Waals surface area contributed by atoms with Crippen LogP contribution in [0.4, 0.5) is 0 Å². The number of hydrogen-bond acceptors (Lipinski definition) is 0. The fourth-order valence-electron chi connectivity index (χ4n) is 1.08. The van der Waals surface area contributed by atoms with Gasteiger partial charge in [-0.15, -0.1) is 11.6 Å². The third-order valence-electron chi connectivity index (χ3n) is 1.70. The van der Waals surface area contributed by atoms with E-state index in [1.165, 1.54) is 10.8 Å². The molecule has 13 heavy (non-hydrogen) atoms. The minimum Gasteiger partial charge on any atom is -0.130 e. The maximum atomic E-state index is 5.69. The molecule has 0 heterocycles. The van der Waals surface area contributed by atoms with Crippen molar-refractivity contribution in [2.45, 2.75) is 13.3 Å². The van der Waals surface area contributed by atoms with Gasteiger partial charge >= 0.3 is 0 Å². The molecule has 0 nitrogen and oxygen atoms in total. The summed E-state index contributed by atoms with van der Waals surface area (Å²) in [5, 5.41) is 1.34. The summed E-state index contributed by atoms with van der Waals surface area (Å²) in [7, 11) is 0.720. The monoisotopic (exact) mass is 208 g/mol. The summed E-state index contributed by atoms with van der Waals surface area (Å²) in [4.78, 5) is 0. The first-order chi connectivity index (χ1) is 6.36. The van der Waals surface area contributed by atoms with Crippen LogP contribution in [0.1, 0.15) is 18.9 Å². The smallest absolute Gasteiger partial charge is 0.0988 e. The van der Waals surface area contributed by atoms with Crippen LogP contribution in [0.2, 0.25) is 0 Å². The zero-order chi connectivity index (χ0) is 9.52. The Morgan fingerprint density at radius 1 is 1.46 bits per heavy atom. The van der Waals surface area contributed by atoms with Crippen molar-refractivity contribution < 1.29 is 0 Å². The highest BCUT2D eigenvalue weighted by Gasteiger charge is 1.93. The predicted molar refractivity (Wildman–Crippen MR) is 61.9 cm³/mol. The summed E-state index contributed by atoms with van der Waals surface area (Å²) in [6.07, 6.45) is 5.41. The molecular weight excluding hydrogens is 196 g/mol. The van der Waals surface area contributed by atoms with Gasteiger partial charge in [0.2, 0.25) is 0 Å². The second-order valence-electron chi connectivity index (χ2n) is 2.75. The zero-order valence-electron chi connectivity index (χ0n) is 7.76. The molecule has 1 rings (SSSR count). The third kappa shape index (κ3) is 3.79. The molecular formula is C11H13ClSi. The topological polar surface area (TPSA) is 0 Å². The Morgan fingerprint density at radius 3 is 3.00 bits per heavy atom. The van der Waals surface area contributed by atoms with Crippen molar-refractivity contribution in [3.05, 3.63) is 35.9 Å². The van der Waals surface area contributed by atoms with Gasteiger partial charge in [0.15, 0.2) is 0 Å². The molecule has 0 unspecified atom stereocenters. The first kappa shape index (κ1) is 10.5. The van der Waals surface area contributed by atoms with E-state index in [1.807, 2.05) is 0 Å². The van der Waals surface area contributed by atoms with Crippen molar-refractivity contribution in [2.75, 3.05) is 5.50 Å². The number of allylic oxidation sites excluding steroid dienone is 1. The van der Waals surface area contributed by atoms with Gasteiger partial charge in [0.25, 0.3) is 0 Å². The van der Waals surface area contributed by atoms with Crippen LogP contribution in [0.25, 0.3) is 6.08 Å². The van der Waals surface area contributed by atoms with Crippen LogP contribution in [-0.4, -0.2) is 15.0 Å². The molecule has 2 radical (unpaired) electrons. The number of halogens is 1. The summed E-state index contributed by atoms with van der Waals surface area (Å²) < 4.78 is 0. The van der Waals surface area contributed by atoms with E-state index < -0.39 is 0 Å². The van der Waals surface area contributed by atoms with E-state index in [1.54, 1.807) is 0 Å². The molecule has 0 N–H and O–H groups in total. The van der Waals surface area contributed by atoms with Crippen molar-refractivity contribution in [2.24, 2.45) is 0 Å². The molecule has 0 saturated carbocycles. The lowest BCUT2D eigenvalue weighted by Crippen LogP contribution is -2.15. The van der Waals surface area contributed by atoms with Crippen molar-refractivity contribution in [1.29, 1.82) is 0 Å². The van der Waals surface area contributed by atoms with Crippen LogP contribution >= 0.6 is 11.6 Å². The van der Waals surface area contributed by atoms with Crippen LogP contribution in [0, 0.1) is 0 Å². The average molecular weight is 209 g/mol. The van der Waals surface area contributed by atoms with Crippen molar-refractivity contribution in [1.82, 2.24) is 0 Å². The fourth-order valence-corrected chi connectivity index (χ4v) is 2.18. The molecule has 0 bridgehead atoms. The summed E-state index contributed by atoms with van der Waals surface area (Å²) in [5.41, 5.74) is 2.00. The second-order valence-corrected chi connectivity index (χ2v) is 4.75. The van der Waals surface area contributed by atoms with E-state index in [4.69, 9.17) is 11.6 Å². The van der Waals surface area contributed by atoms with Gasteiger partial charge in [-0.25, -0.2) is 0 Å². The van der Waals surface area contributed by atoms with Gasteiger partial charge in [0.05, 0.1) is 9.52 Å². The first-order valence-corrected chi connectivity index (χ1v) is 6.17. The van der Waals surface area contributed by atoms with Crippen LogP contribution < -0.4 is 5.19 Å². The van der Waals surface area contributed by atoms with Gasteiger partial charge in [-0.3, -0.25) is 0 Å². The summed E-state index contributed by atoms with van der Waals surface area (Å²) >= 11 is 5.69. The lowest BCUT2D eigenvalue weighted by Gasteiger charge is -1.98. The molecule has 0 fully saturated rings. The molecule has 0 aliphatic carbocycles. The zero-order valence-corrected chi connectivity index (χ0v) is 9.51. The van der Waals surface area contributed by atoms with E-state index in [2.05, 4.69) is 43.3 Å². The fraction of sp³-hybridized carbons (Fsp3) is 0.273. The molecule has 1 aromatic carbocycles. The molecule has 0 spiro atoms. The highest BCUT2D eigenvalue weighted by molar-refractivity contribution is 6.62. The Morgan fingerprint density at radius 2 is 2.31 bits per heavy atom. The molecule has 2 heteroatoms. The quantitative estimate of drug-likeness (QED) is 0.527. The second kappa shape index (κ2) is 6.00. The summed E-state index contributed by atoms with van der Waals surface area (Å²) in [6.45, 7) is 2.14. The lowest BCUT2D eigenvalue weighted by atomic mass is 10.2. The van der Waals surface area contributed by atoms with E-state index >= 15 is 0 Å². The molecule has 0 saturated heterocycles. The van der Waals surface area contributed by atoms with Gasteiger partial charge in [0.1, 0.15) is 0 Å². The Labute approximate surface area is 87.4 Å². The van der Waals surface area contributed by atoms with Gasteiger partial charge in [-0.2, -0.15) is 0 Å². The highest BCUT2D eigenvalue weighted by atomic mass is 35.5. The number of hydrogen-bond donors (Lipinski definition) is 0. The first-order valence-electron chi connectivity index (χ1n) is 4.43. The Balaban J connectivity index is 2.73. The summed E-state index contributed by atoms with van der Waals surface area (Å²) in [5.74, 6) is 0. The molecule has 1 aromatic rings. The van der Waals surface area contributed by atoms with Crippen molar-refractivity contribution in [3.8, 4) is 0 Å². The van der Waals surface area contributed by atoms with Crippen molar-refractivity contribution >= 4 is 32.4 Å². The Bertz CT molecular complexity index is 281. The van der Waals surface area contributed by atoms with E-state index in [0.717, 1.165) is 21.4 Å². The van der Waals surface area contributed by atoms with Crippen molar-refractivity contribution in [3.63, 3.8) is 0 Å². The van der Waals surface area contributed by atoms with Crippen LogP contribution in [0.15, 0.2) is 30.3 Å². The molecule has 0 atom stereocenters. The SMILES string of the molecule is CCC=Cc1cccc([Si]CCl)c1. The minimum atomic E-state index is 0.720. The lowest BCUT2D eigenvalue weighted by molar-refractivity contribution is 1.23. The predicted octanol–water partition coefficient (Wildman–Crippen LogP) is 2.64. The molecule has 0 aliphatic heterocycles. The minimum absolute atomic E-state index is 0.720. The molecule has 0 aromatic heterocycles. The van der Waals surface area contributed by atoms with E-state index in [0.29, 0.717) is 0 Å². The van der Waals surface area contributed by atoms with Gasteiger partial charge in [-0.1, -0.05) is 48.5 Å². The molecule has 68 valence electrons. The number of rotatable bonds is 4. The standard InChI is InChI=1S/C11H13ClSi/c1-2-3-5-10-6-4-7-11(8-10)13-9-12/h3-8H,2,9H2,1H3. The Kier molecular flexibility index (Phi) is 4.87. The van der Waals surface area contributed by atoms with Crippen LogP contribution in [0.3, 0.4) is 0 Å². The van der Waals surface area contributed by atoms with E-state index in [-0.39, 0.29) is 0 Å². The van der Waals surface area contributed by atoms with Gasteiger partial charge in [0, 0.05) is 5.50 Å². The highest BCUT2D eigenvalue weighted by Crippen LogP contribution is 2.00. The number of alkyl halides is 1. The maximum absolute atomic E-state index is 5.69. The molecule has 0 aliphatic rings. The summed E-state index contributed by atoms with van der Waals surface area (Å²) in [6, 6.07) is 8.54. The van der Waals surface area contributed by atoms with Crippen LogP contribution in [0.5, 0.6) is 0 Å². The normalized spacial score (nSPS) is 10.9. The Hall–Kier alpha value is -0.533. The maximum Gasteiger partial charge on any atom is 0.0988 e.